The second-order valence-corrected chi connectivity index (χ2v) is 8.01. The third kappa shape index (κ3) is 2.24. The van der Waals surface area contributed by atoms with Gasteiger partial charge in [0.1, 0.15) is 0 Å². The van der Waals surface area contributed by atoms with Gasteiger partial charge in [-0.15, -0.1) is 22.7 Å². The largest absolute Gasteiger partial charge is 0.143 e. The van der Waals surface area contributed by atoms with Gasteiger partial charge in [0.25, 0.3) is 0 Å². The lowest BCUT2D eigenvalue weighted by atomic mass is 10.1. The summed E-state index contributed by atoms with van der Waals surface area (Å²) in [5, 5.41) is 3.60. The first-order valence-corrected chi connectivity index (χ1v) is 8.51. The number of alkyl halides is 1. The molecule has 0 amide bonds. The molecule has 4 heteroatoms. The molecule has 2 heterocycles. The Bertz CT molecular complexity index is 654. The molecule has 0 radical (unpaired) electrons. The molecule has 0 aliphatic heterocycles. The molecule has 17 heavy (non-hydrogen) atoms. The van der Waals surface area contributed by atoms with Gasteiger partial charge in [-0.1, -0.05) is 34.1 Å². The highest BCUT2D eigenvalue weighted by Gasteiger charge is 2.16. The monoisotopic (exact) mass is 386 g/mol. The summed E-state index contributed by atoms with van der Waals surface area (Å²) in [6.07, 6.45) is 0. The predicted molar refractivity (Wildman–Crippen MR) is 84.6 cm³/mol. The van der Waals surface area contributed by atoms with Gasteiger partial charge in [-0.2, -0.15) is 0 Å². The zero-order chi connectivity index (χ0) is 11.8. The second kappa shape index (κ2) is 4.84. The van der Waals surface area contributed by atoms with E-state index < -0.39 is 0 Å². The number of halogens is 2. The molecule has 1 atom stereocenters. The Morgan fingerprint density at radius 3 is 2.65 bits per heavy atom. The molecular formula is C13H8Br2S2. The first kappa shape index (κ1) is 11.9. The van der Waals surface area contributed by atoms with Crippen LogP contribution in [-0.4, -0.2) is 0 Å². The fourth-order valence-electron chi connectivity index (χ4n) is 1.81. The third-order valence-electron chi connectivity index (χ3n) is 2.63. The molecule has 0 bridgehead atoms. The van der Waals surface area contributed by atoms with Crippen LogP contribution < -0.4 is 0 Å². The van der Waals surface area contributed by atoms with Gasteiger partial charge in [-0.25, -0.2) is 0 Å². The van der Waals surface area contributed by atoms with Crippen molar-refractivity contribution in [3.8, 4) is 0 Å². The van der Waals surface area contributed by atoms with Gasteiger partial charge in [-0.05, 0) is 50.5 Å². The number of hydrogen-bond donors (Lipinski definition) is 0. The van der Waals surface area contributed by atoms with Crippen molar-refractivity contribution >= 4 is 64.6 Å². The average Bonchev–Trinajstić information content (AvgIpc) is 2.94. The number of hydrogen-bond acceptors (Lipinski definition) is 2. The van der Waals surface area contributed by atoms with Crippen molar-refractivity contribution in [2.24, 2.45) is 0 Å². The SMILES string of the molecule is Brc1ccc(C(Br)c2csc3ccccc23)s1. The molecule has 0 saturated heterocycles. The zero-order valence-electron chi connectivity index (χ0n) is 8.69. The van der Waals surface area contributed by atoms with E-state index in [-0.39, 0.29) is 4.83 Å². The van der Waals surface area contributed by atoms with Crippen molar-refractivity contribution in [3.05, 3.63) is 56.0 Å². The normalized spacial score (nSPS) is 13.1. The Morgan fingerprint density at radius 1 is 1.06 bits per heavy atom. The van der Waals surface area contributed by atoms with E-state index in [2.05, 4.69) is 73.6 Å². The molecule has 3 rings (SSSR count). The van der Waals surface area contributed by atoms with E-state index >= 15 is 0 Å². The van der Waals surface area contributed by atoms with Crippen molar-refractivity contribution in [2.45, 2.75) is 4.83 Å². The predicted octanol–water partition coefficient (Wildman–Crippen LogP) is 6.21. The molecule has 0 spiro atoms. The van der Waals surface area contributed by atoms with Crippen LogP contribution in [0.2, 0.25) is 0 Å². The average molecular weight is 388 g/mol. The quantitative estimate of drug-likeness (QED) is 0.458. The van der Waals surface area contributed by atoms with E-state index in [4.69, 9.17) is 0 Å². The lowest BCUT2D eigenvalue weighted by molar-refractivity contribution is 1.27. The van der Waals surface area contributed by atoms with Crippen LogP contribution in [0.25, 0.3) is 10.1 Å². The molecule has 0 aliphatic rings. The van der Waals surface area contributed by atoms with E-state index in [9.17, 15) is 0 Å². The Kier molecular flexibility index (Phi) is 3.39. The maximum Gasteiger partial charge on any atom is 0.0752 e. The maximum absolute atomic E-state index is 3.80. The number of benzene rings is 1. The van der Waals surface area contributed by atoms with Crippen molar-refractivity contribution in [1.29, 1.82) is 0 Å². The summed E-state index contributed by atoms with van der Waals surface area (Å²) in [5.41, 5.74) is 1.36. The highest BCUT2D eigenvalue weighted by atomic mass is 79.9. The van der Waals surface area contributed by atoms with E-state index in [1.807, 2.05) is 0 Å². The Hall–Kier alpha value is -0.160. The summed E-state index contributed by atoms with van der Waals surface area (Å²) >= 11 is 10.9. The molecule has 0 saturated carbocycles. The molecule has 0 fully saturated rings. The lowest BCUT2D eigenvalue weighted by Crippen LogP contribution is -1.86. The van der Waals surface area contributed by atoms with Crippen LogP contribution in [0.3, 0.4) is 0 Å². The van der Waals surface area contributed by atoms with Crippen LogP contribution in [0, 0.1) is 0 Å². The maximum atomic E-state index is 3.80. The highest BCUT2D eigenvalue weighted by Crippen LogP contribution is 2.41. The first-order chi connectivity index (χ1) is 8.25. The minimum atomic E-state index is 0.287. The van der Waals surface area contributed by atoms with Gasteiger partial charge >= 0.3 is 0 Å². The van der Waals surface area contributed by atoms with E-state index in [1.165, 1.54) is 24.3 Å². The smallest absolute Gasteiger partial charge is 0.0752 e. The van der Waals surface area contributed by atoms with Crippen molar-refractivity contribution in [3.63, 3.8) is 0 Å². The van der Waals surface area contributed by atoms with Crippen LogP contribution in [0.15, 0.2) is 45.6 Å². The standard InChI is InChI=1S/C13H8Br2S2/c14-12-6-5-11(17-12)13(15)9-7-16-10-4-2-1-3-8(9)10/h1-7,13H. The van der Waals surface area contributed by atoms with Crippen LogP contribution in [0.1, 0.15) is 15.3 Å². The number of thiophene rings is 2. The summed E-state index contributed by atoms with van der Waals surface area (Å²) in [4.78, 5) is 1.62. The minimum absolute atomic E-state index is 0.287. The molecule has 86 valence electrons. The van der Waals surface area contributed by atoms with Gasteiger partial charge in [-0.3, -0.25) is 0 Å². The summed E-state index contributed by atoms with van der Waals surface area (Å²) in [6.45, 7) is 0. The van der Waals surface area contributed by atoms with Gasteiger partial charge < -0.3 is 0 Å². The summed E-state index contributed by atoms with van der Waals surface area (Å²) in [7, 11) is 0. The molecule has 1 aromatic carbocycles. The topological polar surface area (TPSA) is 0 Å². The fourth-order valence-corrected chi connectivity index (χ4v) is 5.21. The Morgan fingerprint density at radius 2 is 1.88 bits per heavy atom. The number of fused-ring (bicyclic) bond motifs is 1. The van der Waals surface area contributed by atoms with E-state index in [1.54, 1.807) is 22.7 Å². The van der Waals surface area contributed by atoms with Gasteiger partial charge in [0, 0.05) is 9.58 Å². The van der Waals surface area contributed by atoms with Gasteiger partial charge in [0.15, 0.2) is 0 Å². The summed E-state index contributed by atoms with van der Waals surface area (Å²) < 4.78 is 2.53. The molecular weight excluding hydrogens is 380 g/mol. The van der Waals surface area contributed by atoms with Gasteiger partial charge in [0.2, 0.25) is 0 Å². The highest BCUT2D eigenvalue weighted by molar-refractivity contribution is 9.11. The summed E-state index contributed by atoms with van der Waals surface area (Å²) in [6, 6.07) is 12.8. The third-order valence-corrected chi connectivity index (χ3v) is 6.59. The van der Waals surface area contributed by atoms with Crippen LogP contribution in [0.4, 0.5) is 0 Å². The van der Waals surface area contributed by atoms with Crippen molar-refractivity contribution in [2.75, 3.05) is 0 Å². The minimum Gasteiger partial charge on any atom is -0.143 e. The lowest BCUT2D eigenvalue weighted by Gasteiger charge is -2.06. The van der Waals surface area contributed by atoms with Crippen molar-refractivity contribution < 1.29 is 0 Å². The Labute approximate surface area is 125 Å². The molecule has 0 N–H and O–H groups in total. The second-order valence-electron chi connectivity index (χ2n) is 3.69. The van der Waals surface area contributed by atoms with E-state index in [0.29, 0.717) is 0 Å². The van der Waals surface area contributed by atoms with E-state index in [0.717, 1.165) is 0 Å². The summed E-state index contributed by atoms with van der Waals surface area (Å²) in [5.74, 6) is 0. The molecule has 0 nitrogen and oxygen atoms in total. The molecule has 1 unspecified atom stereocenters. The van der Waals surface area contributed by atoms with Crippen molar-refractivity contribution in [1.82, 2.24) is 0 Å². The Balaban J connectivity index is 2.09. The fraction of sp³-hybridized carbons (Fsp3) is 0.0769. The first-order valence-electron chi connectivity index (χ1n) is 5.11. The molecule has 2 aromatic heterocycles. The number of rotatable bonds is 2. The molecule has 3 aromatic rings. The van der Waals surface area contributed by atoms with Crippen LogP contribution in [0.5, 0.6) is 0 Å². The van der Waals surface area contributed by atoms with Gasteiger partial charge in [0.05, 0.1) is 8.61 Å². The van der Waals surface area contributed by atoms with Crippen LogP contribution >= 0.6 is 54.5 Å². The zero-order valence-corrected chi connectivity index (χ0v) is 13.5. The molecule has 0 aliphatic carbocycles. The van der Waals surface area contributed by atoms with Crippen LogP contribution in [-0.2, 0) is 0 Å².